The van der Waals surface area contributed by atoms with Crippen LogP contribution in [0.2, 0.25) is 0 Å². The molecule has 5 heteroatoms. The molecule has 1 fully saturated rings. The van der Waals surface area contributed by atoms with E-state index < -0.39 is 0 Å². The minimum Gasteiger partial charge on any atom is -0.409 e. The van der Waals surface area contributed by atoms with Crippen molar-refractivity contribution in [3.8, 4) is 0 Å². The third kappa shape index (κ3) is 3.92. The highest BCUT2D eigenvalue weighted by atomic mass is 16.5. The van der Waals surface area contributed by atoms with Gasteiger partial charge in [-0.05, 0) is 18.9 Å². The lowest BCUT2D eigenvalue weighted by atomic mass is 10.1. The van der Waals surface area contributed by atoms with Crippen LogP contribution in [0.1, 0.15) is 49.8 Å². The van der Waals surface area contributed by atoms with Gasteiger partial charge in [0.1, 0.15) is 5.69 Å². The number of ether oxygens (including phenoxy) is 1. The number of amidine groups is 1. The van der Waals surface area contributed by atoms with Gasteiger partial charge in [0.15, 0.2) is 5.84 Å². The smallest absolute Gasteiger partial charge is 0.189 e. The largest absolute Gasteiger partial charge is 0.409 e. The average molecular weight is 263 g/mol. The van der Waals surface area contributed by atoms with Crippen molar-refractivity contribution in [3.05, 3.63) is 29.6 Å². The molecule has 1 aromatic heterocycles. The molecular weight excluding hydrogens is 242 g/mol. The maximum absolute atomic E-state index is 8.75. The van der Waals surface area contributed by atoms with Crippen LogP contribution in [0.5, 0.6) is 0 Å². The Morgan fingerprint density at radius 1 is 1.37 bits per heavy atom. The van der Waals surface area contributed by atoms with Gasteiger partial charge in [-0.1, -0.05) is 36.9 Å². The van der Waals surface area contributed by atoms with Gasteiger partial charge in [-0.25, -0.2) is 0 Å². The van der Waals surface area contributed by atoms with Gasteiger partial charge >= 0.3 is 0 Å². The molecule has 0 aromatic carbocycles. The van der Waals surface area contributed by atoms with E-state index in [0.29, 0.717) is 18.4 Å². The second kappa shape index (κ2) is 7.09. The van der Waals surface area contributed by atoms with E-state index in [1.165, 1.54) is 25.7 Å². The maximum Gasteiger partial charge on any atom is 0.189 e. The monoisotopic (exact) mass is 263 g/mol. The normalized spacial score (nSPS) is 18.2. The lowest BCUT2D eigenvalue weighted by Gasteiger charge is -2.16. The Morgan fingerprint density at radius 3 is 2.79 bits per heavy atom. The molecule has 1 aliphatic carbocycles. The number of oxime groups is 1. The van der Waals surface area contributed by atoms with Crippen molar-refractivity contribution >= 4 is 5.84 Å². The fourth-order valence-corrected chi connectivity index (χ4v) is 2.45. The summed E-state index contributed by atoms with van der Waals surface area (Å²) in [6, 6.07) is 3.73. The Morgan fingerprint density at radius 2 is 2.11 bits per heavy atom. The highest BCUT2D eigenvalue weighted by Gasteiger charge is 2.14. The van der Waals surface area contributed by atoms with Crippen LogP contribution in [0.3, 0.4) is 0 Å². The summed E-state index contributed by atoms with van der Waals surface area (Å²) >= 11 is 0. The summed E-state index contributed by atoms with van der Waals surface area (Å²) in [4.78, 5) is 4.14. The van der Waals surface area contributed by atoms with Crippen molar-refractivity contribution in [2.45, 2.75) is 51.2 Å². The van der Waals surface area contributed by atoms with E-state index in [1.54, 1.807) is 6.20 Å². The van der Waals surface area contributed by atoms with Crippen molar-refractivity contribution in [2.75, 3.05) is 0 Å². The van der Waals surface area contributed by atoms with E-state index in [9.17, 15) is 0 Å². The van der Waals surface area contributed by atoms with Crippen LogP contribution in [0.25, 0.3) is 0 Å². The van der Waals surface area contributed by atoms with E-state index >= 15 is 0 Å². The van der Waals surface area contributed by atoms with Crippen LogP contribution in [0, 0.1) is 0 Å². The van der Waals surface area contributed by atoms with Crippen LogP contribution >= 0.6 is 0 Å². The minimum atomic E-state index is 0.0278. The summed E-state index contributed by atoms with van der Waals surface area (Å²) in [6.45, 7) is 0.462. The molecule has 104 valence electrons. The number of nitrogens with two attached hydrogens (primary N) is 1. The molecule has 0 spiro atoms. The van der Waals surface area contributed by atoms with Crippen molar-refractivity contribution in [2.24, 2.45) is 10.9 Å². The Labute approximate surface area is 113 Å². The SMILES string of the molecule is NC(=NO)c1ncccc1COC1CCCCCC1. The fourth-order valence-electron chi connectivity index (χ4n) is 2.45. The molecule has 0 bridgehead atoms. The van der Waals surface area contributed by atoms with Crippen LogP contribution < -0.4 is 5.73 Å². The van der Waals surface area contributed by atoms with Crippen molar-refractivity contribution in [1.82, 2.24) is 4.98 Å². The Bertz CT molecular complexity index is 426. The molecule has 1 heterocycles. The third-order valence-electron chi connectivity index (χ3n) is 3.52. The van der Waals surface area contributed by atoms with E-state index in [1.807, 2.05) is 12.1 Å². The lowest BCUT2D eigenvalue weighted by molar-refractivity contribution is 0.0307. The van der Waals surface area contributed by atoms with Crippen molar-refractivity contribution in [3.63, 3.8) is 0 Å². The summed E-state index contributed by atoms with van der Waals surface area (Å²) < 4.78 is 5.95. The van der Waals surface area contributed by atoms with Gasteiger partial charge < -0.3 is 15.7 Å². The van der Waals surface area contributed by atoms with Gasteiger partial charge in [0.2, 0.25) is 0 Å². The number of hydrogen-bond acceptors (Lipinski definition) is 4. The molecule has 0 aliphatic heterocycles. The van der Waals surface area contributed by atoms with Crippen LogP contribution in [0.15, 0.2) is 23.5 Å². The van der Waals surface area contributed by atoms with E-state index in [2.05, 4.69) is 10.1 Å². The first kappa shape index (κ1) is 13.8. The predicted octanol–water partition coefficient (Wildman–Crippen LogP) is 2.42. The number of hydrogen-bond donors (Lipinski definition) is 2. The third-order valence-corrected chi connectivity index (χ3v) is 3.52. The van der Waals surface area contributed by atoms with E-state index in [-0.39, 0.29) is 5.84 Å². The summed E-state index contributed by atoms with van der Waals surface area (Å²) in [5.41, 5.74) is 6.97. The first-order chi connectivity index (χ1) is 9.31. The van der Waals surface area contributed by atoms with Crippen molar-refractivity contribution < 1.29 is 9.94 Å². The molecular formula is C14H21N3O2. The van der Waals surface area contributed by atoms with Gasteiger partial charge in [0.05, 0.1) is 12.7 Å². The second-order valence-electron chi connectivity index (χ2n) is 4.92. The molecule has 1 aromatic rings. The molecule has 0 unspecified atom stereocenters. The summed E-state index contributed by atoms with van der Waals surface area (Å²) in [7, 11) is 0. The standard InChI is InChI=1S/C14H21N3O2/c15-14(17-18)13-11(6-5-9-16-13)10-19-12-7-3-1-2-4-8-12/h5-6,9,12,18H,1-4,7-8,10H2,(H2,15,17). The van der Waals surface area contributed by atoms with Crippen LogP contribution in [0.4, 0.5) is 0 Å². The van der Waals surface area contributed by atoms with Crippen LogP contribution in [-0.4, -0.2) is 22.1 Å². The Hall–Kier alpha value is -1.62. The zero-order valence-corrected chi connectivity index (χ0v) is 11.1. The number of aromatic nitrogens is 1. The molecule has 3 N–H and O–H groups in total. The molecule has 0 saturated heterocycles. The molecule has 0 radical (unpaired) electrons. The molecule has 1 saturated carbocycles. The van der Waals surface area contributed by atoms with Gasteiger partial charge in [0, 0.05) is 11.8 Å². The minimum absolute atomic E-state index is 0.0278. The molecule has 2 rings (SSSR count). The van der Waals surface area contributed by atoms with Gasteiger partial charge in [-0.15, -0.1) is 0 Å². The summed E-state index contributed by atoms with van der Waals surface area (Å²) in [5.74, 6) is 0.0278. The summed E-state index contributed by atoms with van der Waals surface area (Å²) in [5, 5.41) is 11.8. The first-order valence-corrected chi connectivity index (χ1v) is 6.84. The van der Waals surface area contributed by atoms with Gasteiger partial charge in [0.25, 0.3) is 0 Å². The molecule has 0 amide bonds. The maximum atomic E-state index is 8.75. The van der Waals surface area contributed by atoms with Crippen LogP contribution in [-0.2, 0) is 11.3 Å². The Kier molecular flexibility index (Phi) is 5.15. The molecule has 1 aliphatic rings. The quantitative estimate of drug-likeness (QED) is 0.287. The van der Waals surface area contributed by atoms with E-state index in [4.69, 9.17) is 15.7 Å². The Balaban J connectivity index is 1.98. The zero-order chi connectivity index (χ0) is 13.5. The van der Waals surface area contributed by atoms with Gasteiger partial charge in [-0.3, -0.25) is 4.98 Å². The predicted molar refractivity (Wildman–Crippen MR) is 73.0 cm³/mol. The number of rotatable bonds is 4. The summed E-state index contributed by atoms with van der Waals surface area (Å²) in [6.07, 6.45) is 9.29. The number of nitrogens with zero attached hydrogens (tertiary/aromatic N) is 2. The average Bonchev–Trinajstić information content (AvgIpc) is 2.73. The number of pyridine rings is 1. The first-order valence-electron chi connectivity index (χ1n) is 6.84. The fraction of sp³-hybridized carbons (Fsp3) is 0.571. The molecule has 5 nitrogen and oxygen atoms in total. The highest BCUT2D eigenvalue weighted by molar-refractivity contribution is 5.96. The topological polar surface area (TPSA) is 80.7 Å². The highest BCUT2D eigenvalue weighted by Crippen LogP contribution is 2.21. The van der Waals surface area contributed by atoms with Gasteiger partial charge in [-0.2, -0.15) is 0 Å². The molecule has 19 heavy (non-hydrogen) atoms. The zero-order valence-electron chi connectivity index (χ0n) is 11.1. The lowest BCUT2D eigenvalue weighted by Crippen LogP contribution is -2.19. The second-order valence-corrected chi connectivity index (χ2v) is 4.92. The van der Waals surface area contributed by atoms with E-state index in [0.717, 1.165) is 18.4 Å². The van der Waals surface area contributed by atoms with Crippen molar-refractivity contribution in [1.29, 1.82) is 0 Å². The molecule has 0 atom stereocenters.